The van der Waals surface area contributed by atoms with Crippen molar-refractivity contribution in [1.82, 2.24) is 5.16 Å². The molecular formula is C13H11Cl2NO2. The Morgan fingerprint density at radius 3 is 2.61 bits per heavy atom. The highest BCUT2D eigenvalue weighted by Gasteiger charge is 2.32. The Morgan fingerprint density at radius 2 is 2.06 bits per heavy atom. The van der Waals surface area contributed by atoms with Crippen molar-refractivity contribution in [2.75, 3.05) is 0 Å². The standard InChI is InChI=1S/C13H11Cl2NO2/c14-9-2-1-3-10(15)11(9)12-8(6-17)13(18-16-12)7-4-5-7/h1-3,7,17H,4-6H2/i6D. The molecule has 2 aromatic rings. The minimum atomic E-state index is -1.41. The Hall–Kier alpha value is -1.03. The molecule has 1 saturated carbocycles. The molecule has 0 radical (unpaired) electrons. The summed E-state index contributed by atoms with van der Waals surface area (Å²) in [5.74, 6) is 0.825. The number of hydrogen-bond acceptors (Lipinski definition) is 3. The normalized spacial score (nSPS) is 17.6. The second-order valence-electron chi connectivity index (χ2n) is 4.31. The Kier molecular flexibility index (Phi) is 2.76. The lowest BCUT2D eigenvalue weighted by Gasteiger charge is -2.05. The molecule has 94 valence electrons. The fourth-order valence-corrected chi connectivity index (χ4v) is 2.56. The van der Waals surface area contributed by atoms with Gasteiger partial charge in [-0.1, -0.05) is 34.4 Å². The van der Waals surface area contributed by atoms with Crippen molar-refractivity contribution in [3.05, 3.63) is 39.6 Å². The van der Waals surface area contributed by atoms with Gasteiger partial charge in [0.05, 0.1) is 18.0 Å². The maximum Gasteiger partial charge on any atom is 0.145 e. The summed E-state index contributed by atoms with van der Waals surface area (Å²) in [6, 6.07) is 5.11. The molecule has 0 spiro atoms. The van der Waals surface area contributed by atoms with E-state index in [9.17, 15) is 5.11 Å². The topological polar surface area (TPSA) is 46.3 Å². The third kappa shape index (κ3) is 1.92. The maximum absolute atomic E-state index is 9.67. The number of halogens is 2. The second-order valence-corrected chi connectivity index (χ2v) is 5.12. The molecular weight excluding hydrogens is 273 g/mol. The molecule has 1 aliphatic rings. The van der Waals surface area contributed by atoms with Crippen LogP contribution in [0.2, 0.25) is 10.0 Å². The van der Waals surface area contributed by atoms with Gasteiger partial charge in [-0.3, -0.25) is 0 Å². The van der Waals surface area contributed by atoms with Crippen LogP contribution in [0.4, 0.5) is 0 Å². The van der Waals surface area contributed by atoms with Crippen molar-refractivity contribution in [1.29, 1.82) is 0 Å². The Bertz CT molecular complexity index is 603. The molecule has 3 rings (SSSR count). The van der Waals surface area contributed by atoms with Gasteiger partial charge in [-0.25, -0.2) is 0 Å². The molecule has 0 amide bonds. The fourth-order valence-electron chi connectivity index (χ4n) is 1.98. The molecule has 1 N–H and O–H groups in total. The van der Waals surface area contributed by atoms with Crippen molar-refractivity contribution in [2.45, 2.75) is 25.3 Å². The minimum Gasteiger partial charge on any atom is -0.391 e. The van der Waals surface area contributed by atoms with Gasteiger partial charge in [0.15, 0.2) is 0 Å². The largest absolute Gasteiger partial charge is 0.391 e. The quantitative estimate of drug-likeness (QED) is 0.926. The van der Waals surface area contributed by atoms with Crippen molar-refractivity contribution in [3.63, 3.8) is 0 Å². The van der Waals surface area contributed by atoms with Gasteiger partial charge in [0, 0.05) is 17.0 Å². The van der Waals surface area contributed by atoms with Crippen LogP contribution in [0, 0.1) is 0 Å². The zero-order chi connectivity index (χ0) is 13.6. The van der Waals surface area contributed by atoms with E-state index < -0.39 is 6.58 Å². The zero-order valence-electron chi connectivity index (χ0n) is 10.4. The third-order valence-corrected chi connectivity index (χ3v) is 3.66. The van der Waals surface area contributed by atoms with Crippen LogP contribution in [0.25, 0.3) is 11.3 Å². The number of rotatable bonds is 3. The highest BCUT2D eigenvalue weighted by atomic mass is 35.5. The van der Waals surface area contributed by atoms with E-state index in [1.165, 1.54) is 0 Å². The molecule has 0 aliphatic heterocycles. The molecule has 1 heterocycles. The molecule has 5 heteroatoms. The van der Waals surface area contributed by atoms with E-state index in [1.54, 1.807) is 18.2 Å². The summed E-state index contributed by atoms with van der Waals surface area (Å²) >= 11 is 12.3. The molecule has 1 aromatic heterocycles. The van der Waals surface area contributed by atoms with Crippen molar-refractivity contribution >= 4 is 23.2 Å². The molecule has 1 unspecified atom stereocenters. The average molecular weight is 285 g/mol. The molecule has 3 nitrogen and oxygen atoms in total. The molecule has 1 fully saturated rings. The maximum atomic E-state index is 9.67. The number of hydrogen-bond donors (Lipinski definition) is 1. The van der Waals surface area contributed by atoms with E-state index in [0.29, 0.717) is 32.6 Å². The Morgan fingerprint density at radius 1 is 1.39 bits per heavy atom. The highest BCUT2D eigenvalue weighted by molar-refractivity contribution is 6.39. The van der Waals surface area contributed by atoms with Crippen molar-refractivity contribution < 1.29 is 11.0 Å². The van der Waals surface area contributed by atoms with Gasteiger partial charge in [0.2, 0.25) is 0 Å². The summed E-state index contributed by atoms with van der Waals surface area (Å²) in [4.78, 5) is 0. The molecule has 1 atom stereocenters. The summed E-state index contributed by atoms with van der Waals surface area (Å²) in [6.45, 7) is -1.41. The monoisotopic (exact) mass is 284 g/mol. The van der Waals surface area contributed by atoms with E-state index in [1.807, 2.05) is 0 Å². The molecule has 0 saturated heterocycles. The summed E-state index contributed by atoms with van der Waals surface area (Å²) in [6.07, 6.45) is 1.98. The number of aliphatic hydroxyl groups is 1. The van der Waals surface area contributed by atoms with Gasteiger partial charge in [0.25, 0.3) is 0 Å². The van der Waals surface area contributed by atoms with Crippen LogP contribution in [0.3, 0.4) is 0 Å². The van der Waals surface area contributed by atoms with Gasteiger partial charge >= 0.3 is 0 Å². The Labute approximate surface area is 116 Å². The fraction of sp³-hybridized carbons (Fsp3) is 0.308. The first-order valence-electron chi connectivity index (χ1n) is 6.21. The third-order valence-electron chi connectivity index (χ3n) is 3.03. The van der Waals surface area contributed by atoms with Crippen LogP contribution in [0.5, 0.6) is 0 Å². The lowest BCUT2D eigenvalue weighted by Crippen LogP contribution is -1.91. The summed E-state index contributed by atoms with van der Waals surface area (Å²) in [5.41, 5.74) is 1.24. The predicted octanol–water partition coefficient (Wildman–Crippen LogP) is 4.02. The van der Waals surface area contributed by atoms with Gasteiger partial charge in [-0.2, -0.15) is 0 Å². The van der Waals surface area contributed by atoms with E-state index in [4.69, 9.17) is 29.1 Å². The van der Waals surface area contributed by atoms with Gasteiger partial charge in [-0.05, 0) is 25.0 Å². The second kappa shape index (κ2) is 4.57. The van der Waals surface area contributed by atoms with E-state index in [0.717, 1.165) is 12.8 Å². The van der Waals surface area contributed by atoms with E-state index in [2.05, 4.69) is 5.16 Å². The summed E-state index contributed by atoms with van der Waals surface area (Å²) < 4.78 is 12.9. The molecule has 1 aliphatic carbocycles. The van der Waals surface area contributed by atoms with Crippen LogP contribution in [-0.4, -0.2) is 10.3 Å². The number of nitrogens with zero attached hydrogens (tertiary/aromatic N) is 1. The highest BCUT2D eigenvalue weighted by Crippen LogP contribution is 2.45. The average Bonchev–Trinajstić information content (AvgIpc) is 3.09. The Balaban J connectivity index is 2.20. The van der Waals surface area contributed by atoms with Crippen LogP contribution in [0.1, 0.15) is 31.5 Å². The minimum absolute atomic E-state index is 0.248. The van der Waals surface area contributed by atoms with Gasteiger partial charge in [0.1, 0.15) is 11.5 Å². The first-order valence-corrected chi connectivity index (χ1v) is 6.39. The predicted molar refractivity (Wildman–Crippen MR) is 69.9 cm³/mol. The lowest BCUT2D eigenvalue weighted by molar-refractivity contribution is 0.277. The molecule has 1 aromatic carbocycles. The number of aliphatic hydroxyl groups excluding tert-OH is 1. The zero-order valence-corrected chi connectivity index (χ0v) is 10.9. The van der Waals surface area contributed by atoms with E-state index in [-0.39, 0.29) is 5.92 Å². The first kappa shape index (κ1) is 10.9. The van der Waals surface area contributed by atoms with Crippen LogP contribution >= 0.6 is 23.2 Å². The SMILES string of the molecule is [2H]C(O)c1c(-c2c(Cl)cccc2Cl)noc1C1CC1. The lowest BCUT2D eigenvalue weighted by atomic mass is 10.0. The van der Waals surface area contributed by atoms with Gasteiger partial charge < -0.3 is 9.63 Å². The number of benzene rings is 1. The van der Waals surface area contributed by atoms with Crippen LogP contribution in [0.15, 0.2) is 22.7 Å². The van der Waals surface area contributed by atoms with Crippen LogP contribution < -0.4 is 0 Å². The summed E-state index contributed by atoms with van der Waals surface area (Å²) in [7, 11) is 0. The van der Waals surface area contributed by atoms with Crippen LogP contribution in [-0.2, 0) is 6.58 Å². The first-order chi connectivity index (χ1) is 9.09. The molecule has 0 bridgehead atoms. The van der Waals surface area contributed by atoms with Crippen molar-refractivity contribution in [3.8, 4) is 11.3 Å². The van der Waals surface area contributed by atoms with Gasteiger partial charge in [-0.15, -0.1) is 0 Å². The molecule has 18 heavy (non-hydrogen) atoms. The van der Waals surface area contributed by atoms with E-state index >= 15 is 0 Å². The van der Waals surface area contributed by atoms with Crippen molar-refractivity contribution in [2.24, 2.45) is 0 Å². The summed E-state index contributed by atoms with van der Waals surface area (Å²) in [5, 5.41) is 14.5. The number of aromatic nitrogens is 1. The smallest absolute Gasteiger partial charge is 0.145 e.